The Labute approximate surface area is 371 Å². The first-order valence-corrected chi connectivity index (χ1v) is 22.0. The van der Waals surface area contributed by atoms with Crippen molar-refractivity contribution in [1.29, 1.82) is 0 Å². The molecule has 3 aromatic heterocycles. The molecule has 3 fully saturated rings. The third-order valence-electron chi connectivity index (χ3n) is 12.5. The first-order chi connectivity index (χ1) is 31.5. The molecule has 4 aliphatic heterocycles. The highest BCUT2D eigenvalue weighted by molar-refractivity contribution is 6.23. The van der Waals surface area contributed by atoms with Gasteiger partial charge in [0.1, 0.15) is 40.7 Å². The second kappa shape index (κ2) is 18.4. The molecule has 0 radical (unpaired) electrons. The van der Waals surface area contributed by atoms with Crippen molar-refractivity contribution in [3.63, 3.8) is 0 Å². The van der Waals surface area contributed by atoms with Crippen LogP contribution in [0.4, 0.5) is 31.8 Å². The van der Waals surface area contributed by atoms with Gasteiger partial charge in [-0.2, -0.15) is 5.10 Å². The summed E-state index contributed by atoms with van der Waals surface area (Å²) >= 11 is 0. The van der Waals surface area contributed by atoms with Gasteiger partial charge in [-0.15, -0.1) is 0 Å². The summed E-state index contributed by atoms with van der Waals surface area (Å²) in [7, 11) is 0. The van der Waals surface area contributed by atoms with Crippen LogP contribution in [-0.2, 0) is 14.4 Å². The van der Waals surface area contributed by atoms with Gasteiger partial charge in [0.05, 0.1) is 23.4 Å². The van der Waals surface area contributed by atoms with Crippen molar-refractivity contribution in [2.24, 2.45) is 0 Å². The number of amides is 6. The van der Waals surface area contributed by atoms with Crippen LogP contribution in [-0.4, -0.2) is 103 Å². The number of nitrogens with one attached hydrogen (secondary N) is 4. The van der Waals surface area contributed by atoms with E-state index in [9.17, 15) is 37.5 Å². The average molecular weight is 888 g/mol. The van der Waals surface area contributed by atoms with Crippen LogP contribution in [0.15, 0.2) is 73.1 Å². The topological polar surface area (TPSA) is 203 Å². The summed E-state index contributed by atoms with van der Waals surface area (Å²) in [5, 5.41) is 16.1. The molecule has 9 rings (SSSR count). The highest BCUT2D eigenvalue weighted by Gasteiger charge is 2.44. The number of likely N-dealkylation sites (tertiary alicyclic amines) is 1. The molecule has 0 aliphatic carbocycles. The lowest BCUT2D eigenvalue weighted by molar-refractivity contribution is -0.136. The van der Waals surface area contributed by atoms with E-state index in [1.54, 1.807) is 48.7 Å². The quantitative estimate of drug-likeness (QED) is 0.0810. The minimum absolute atomic E-state index is 0.0570. The maximum absolute atomic E-state index is 14.7. The molecule has 2 aromatic carbocycles. The minimum atomic E-state index is -1.01. The number of unbranched alkanes of at least 4 members (excludes halogenated alkanes) is 2. The summed E-state index contributed by atoms with van der Waals surface area (Å²) in [6.45, 7) is 2.40. The van der Waals surface area contributed by atoms with Gasteiger partial charge in [-0.05, 0) is 99.5 Å². The first-order valence-electron chi connectivity index (χ1n) is 22.0. The first kappa shape index (κ1) is 43.0. The van der Waals surface area contributed by atoms with E-state index in [1.165, 1.54) is 16.8 Å². The Bertz CT molecular complexity index is 2700. The highest BCUT2D eigenvalue weighted by atomic mass is 19.1. The number of anilines is 4. The molecule has 19 heteroatoms. The Hall–Kier alpha value is -7.31. The number of pyridine rings is 1. The van der Waals surface area contributed by atoms with Crippen molar-refractivity contribution in [3.8, 4) is 0 Å². The maximum Gasteiger partial charge on any atom is 0.274 e. The molecule has 4 aliphatic rings. The highest BCUT2D eigenvalue weighted by Crippen LogP contribution is 2.37. The SMILES string of the molecule is O=C1CCC(N2C(=O)c3ccc(NCCCCCC(=O)N4CCC(Nc5cccc(C(=O)Nc6cnn7ccc(N8CCC[C@@H]8c8cc(F)ccc8F)nc67)n5)CC4)cc3C2=O)C(=O)N1. The zero-order chi connectivity index (χ0) is 45.2. The third kappa shape index (κ3) is 9.08. The van der Waals surface area contributed by atoms with E-state index in [2.05, 4.69) is 31.3 Å². The number of rotatable bonds is 14. The second-order valence-corrected chi connectivity index (χ2v) is 16.7. The molecule has 0 bridgehead atoms. The Morgan fingerprint density at radius 1 is 0.831 bits per heavy atom. The van der Waals surface area contributed by atoms with Crippen molar-refractivity contribution < 1.29 is 37.5 Å². The van der Waals surface area contributed by atoms with E-state index >= 15 is 0 Å². The number of hydrogen-bond donors (Lipinski definition) is 4. The number of carbonyl (C=O) groups excluding carboxylic acids is 6. The van der Waals surface area contributed by atoms with Crippen LogP contribution < -0.4 is 26.2 Å². The largest absolute Gasteiger partial charge is 0.385 e. The van der Waals surface area contributed by atoms with Gasteiger partial charge in [0.2, 0.25) is 17.7 Å². The van der Waals surface area contributed by atoms with Crippen LogP contribution in [0.5, 0.6) is 0 Å². The fourth-order valence-electron chi connectivity index (χ4n) is 9.10. The van der Waals surface area contributed by atoms with E-state index < -0.39 is 47.2 Å². The minimum Gasteiger partial charge on any atom is -0.385 e. The summed E-state index contributed by atoms with van der Waals surface area (Å²) in [5.74, 6) is -2.40. The molecule has 2 atom stereocenters. The molecule has 65 heavy (non-hydrogen) atoms. The molecule has 0 spiro atoms. The number of aromatic nitrogens is 4. The van der Waals surface area contributed by atoms with Crippen LogP contribution in [0.2, 0.25) is 0 Å². The molecule has 3 saturated heterocycles. The molecule has 0 saturated carbocycles. The van der Waals surface area contributed by atoms with E-state index in [4.69, 9.17) is 4.98 Å². The summed E-state index contributed by atoms with van der Waals surface area (Å²) in [6, 6.07) is 14.0. The number of piperidine rings is 2. The maximum atomic E-state index is 14.7. The molecule has 6 amide bonds. The van der Waals surface area contributed by atoms with Crippen LogP contribution in [0.3, 0.4) is 0 Å². The number of benzene rings is 2. The van der Waals surface area contributed by atoms with Gasteiger partial charge in [-0.1, -0.05) is 12.5 Å². The average Bonchev–Trinajstić information content (AvgIpc) is 4.02. The number of fused-ring (bicyclic) bond motifs is 2. The lowest BCUT2D eigenvalue weighted by atomic mass is 10.0. The zero-order valence-electron chi connectivity index (χ0n) is 35.4. The molecule has 17 nitrogen and oxygen atoms in total. The van der Waals surface area contributed by atoms with Crippen LogP contribution in [0.1, 0.15) is 107 Å². The van der Waals surface area contributed by atoms with Gasteiger partial charge >= 0.3 is 0 Å². The van der Waals surface area contributed by atoms with E-state index in [0.717, 1.165) is 42.7 Å². The summed E-state index contributed by atoms with van der Waals surface area (Å²) in [5.41, 5.74) is 2.34. The predicted octanol–water partition coefficient (Wildman–Crippen LogP) is 5.47. The second-order valence-electron chi connectivity index (χ2n) is 16.7. The van der Waals surface area contributed by atoms with Gasteiger partial charge < -0.3 is 25.8 Å². The number of carbonyl (C=O) groups is 6. The van der Waals surface area contributed by atoms with Crippen LogP contribution in [0, 0.1) is 11.6 Å². The Morgan fingerprint density at radius 3 is 2.49 bits per heavy atom. The summed E-state index contributed by atoms with van der Waals surface area (Å²) in [6.07, 6.45) is 8.97. The van der Waals surface area contributed by atoms with Crippen molar-refractivity contribution >= 4 is 64.1 Å². The van der Waals surface area contributed by atoms with Crippen molar-refractivity contribution in [1.82, 2.24) is 34.7 Å². The van der Waals surface area contributed by atoms with Gasteiger partial charge in [-0.25, -0.2) is 23.3 Å². The van der Waals surface area contributed by atoms with Crippen LogP contribution in [0.25, 0.3) is 5.65 Å². The van der Waals surface area contributed by atoms with E-state index in [0.29, 0.717) is 80.5 Å². The summed E-state index contributed by atoms with van der Waals surface area (Å²) < 4.78 is 30.3. The smallest absolute Gasteiger partial charge is 0.274 e. The Morgan fingerprint density at radius 2 is 1.66 bits per heavy atom. The molecule has 336 valence electrons. The number of nitrogens with zero attached hydrogens (tertiary/aromatic N) is 7. The number of imide groups is 2. The van der Waals surface area contributed by atoms with Crippen molar-refractivity contribution in [2.45, 2.75) is 82.3 Å². The van der Waals surface area contributed by atoms with E-state index in [-0.39, 0.29) is 53.2 Å². The molecule has 5 aromatic rings. The fourth-order valence-corrected chi connectivity index (χ4v) is 9.10. The van der Waals surface area contributed by atoms with Gasteiger partial charge in [0, 0.05) is 62.5 Å². The monoisotopic (exact) mass is 887 g/mol. The number of hydrogen-bond acceptors (Lipinski definition) is 12. The molecule has 4 N–H and O–H groups in total. The van der Waals surface area contributed by atoms with Crippen molar-refractivity contribution in [3.05, 3.63) is 107 Å². The Balaban J connectivity index is 0.706. The van der Waals surface area contributed by atoms with Gasteiger partial charge in [-0.3, -0.25) is 39.0 Å². The molecular weight excluding hydrogens is 841 g/mol. The normalized spacial score (nSPS) is 18.9. The number of halogens is 2. The van der Waals surface area contributed by atoms with Gasteiger partial charge in [0.15, 0.2) is 5.65 Å². The lowest BCUT2D eigenvalue weighted by Crippen LogP contribution is -2.54. The standard InChI is InChI=1S/C46H47F2N11O6/c47-27-10-13-33(48)32(24-27)36-7-5-20-57(36)39-18-23-58-42(54-39)35(26-50-58)53-43(62)34-6-4-8-38(52-34)51-28-16-21-56(22-17-28)41(61)9-2-1-3-19-49-29-11-12-30-31(25-29)46(65)59(45(30)64)37-14-15-40(60)55-44(37)63/h4,6,8,10-13,18,23-26,28,36-37,49H,1-3,5,7,9,14-17,19-22H2,(H,51,52)(H,53,62)(H,55,60,63)/t36-,37?/m1/s1. The van der Waals surface area contributed by atoms with Crippen LogP contribution >= 0.6 is 0 Å². The molecule has 1 unspecified atom stereocenters. The predicted molar refractivity (Wildman–Crippen MR) is 234 cm³/mol. The lowest BCUT2D eigenvalue weighted by Gasteiger charge is -2.32. The Kier molecular flexibility index (Phi) is 12.2. The molecular formula is C46H47F2N11O6. The summed E-state index contributed by atoms with van der Waals surface area (Å²) in [4.78, 5) is 90.6. The van der Waals surface area contributed by atoms with Gasteiger partial charge in [0.25, 0.3) is 17.7 Å². The fraction of sp³-hybridized carbons (Fsp3) is 0.370. The van der Waals surface area contributed by atoms with E-state index in [1.807, 2.05) is 9.80 Å². The molecule has 7 heterocycles. The van der Waals surface area contributed by atoms with Crippen molar-refractivity contribution in [2.75, 3.05) is 47.0 Å². The third-order valence-corrected chi connectivity index (χ3v) is 12.5. The zero-order valence-corrected chi connectivity index (χ0v) is 35.4.